The number of thioether (sulfide) groups is 1. The summed E-state index contributed by atoms with van der Waals surface area (Å²) in [4.78, 5) is 53.3. The summed E-state index contributed by atoms with van der Waals surface area (Å²) in [6, 6.07) is 0.243. The second-order valence-electron chi connectivity index (χ2n) is 6.87. The van der Waals surface area contributed by atoms with Crippen LogP contribution in [0.5, 0.6) is 0 Å². The third kappa shape index (κ3) is 4.11. The first kappa shape index (κ1) is 23.0. The first-order valence-electron chi connectivity index (χ1n) is 9.31. The fourth-order valence-electron chi connectivity index (χ4n) is 3.26. The zero-order valence-electron chi connectivity index (χ0n) is 16.9. The van der Waals surface area contributed by atoms with Crippen LogP contribution in [0.1, 0.15) is 21.9 Å². The van der Waals surface area contributed by atoms with Crippen LogP contribution in [0.25, 0.3) is 6.08 Å². The van der Waals surface area contributed by atoms with Gasteiger partial charge in [-0.1, -0.05) is 16.4 Å². The molecule has 0 aliphatic carbocycles. The molecular weight excluding hydrogens is 490 g/mol. The largest absolute Gasteiger partial charge is 0.477 e. The number of hydrogen-bond donors (Lipinski definition) is 5. The average Bonchev–Trinajstić information content (AvgIpc) is 3.45. The van der Waals surface area contributed by atoms with Gasteiger partial charge in [0.1, 0.15) is 22.8 Å². The van der Waals surface area contributed by atoms with Crippen molar-refractivity contribution in [1.29, 1.82) is 0 Å². The first-order valence-corrected chi connectivity index (χ1v) is 11.2. The lowest BCUT2D eigenvalue weighted by molar-refractivity contribution is -0.150. The molecule has 4 rings (SSSR count). The molecule has 34 heavy (non-hydrogen) atoms. The molecule has 7 N–H and O–H groups in total. The third-order valence-corrected chi connectivity index (χ3v) is 6.77. The smallest absolute Gasteiger partial charge is 0.352 e. The maximum Gasteiger partial charge on any atom is 0.352 e. The summed E-state index contributed by atoms with van der Waals surface area (Å²) in [5.74, 6) is -3.28. The number of thiazole rings is 1. The van der Waals surface area contributed by atoms with Gasteiger partial charge < -0.3 is 31.6 Å². The quantitative estimate of drug-likeness (QED) is 0.139. The van der Waals surface area contributed by atoms with Crippen LogP contribution in [0.3, 0.4) is 0 Å². The number of amides is 3. The Balaban J connectivity index is 1.52. The molecule has 0 saturated carbocycles. The first-order chi connectivity index (χ1) is 16.2. The summed E-state index contributed by atoms with van der Waals surface area (Å²) in [5.41, 5.74) is 10.2. The number of anilines is 1. The van der Waals surface area contributed by atoms with Gasteiger partial charge in [-0.05, 0) is 11.6 Å². The Morgan fingerprint density at radius 3 is 2.68 bits per heavy atom. The van der Waals surface area contributed by atoms with Crippen molar-refractivity contribution in [2.75, 3.05) is 11.5 Å². The molecule has 1 fully saturated rings. The van der Waals surface area contributed by atoms with Crippen molar-refractivity contribution in [2.24, 2.45) is 10.9 Å². The van der Waals surface area contributed by atoms with Crippen LogP contribution in [0, 0.1) is 0 Å². The second-order valence-corrected chi connectivity index (χ2v) is 8.87. The molecule has 176 valence electrons. The number of carbonyl (C=O) groups is 4. The van der Waals surface area contributed by atoms with Gasteiger partial charge >= 0.3 is 5.97 Å². The zero-order valence-corrected chi connectivity index (χ0v) is 18.5. The maximum absolute atomic E-state index is 12.8. The highest BCUT2D eigenvalue weighted by Crippen LogP contribution is 2.40. The number of aliphatic carboxylic acids is 1. The molecule has 1 saturated heterocycles. The van der Waals surface area contributed by atoms with Crippen LogP contribution in [-0.2, 0) is 14.4 Å². The lowest BCUT2D eigenvalue weighted by Gasteiger charge is -2.49. The van der Waals surface area contributed by atoms with Crippen molar-refractivity contribution in [1.82, 2.24) is 20.4 Å². The van der Waals surface area contributed by atoms with Crippen LogP contribution < -0.4 is 16.8 Å². The number of carbonyl (C=O) groups excluding carboxylic acids is 3. The molecule has 2 aliphatic heterocycles. The van der Waals surface area contributed by atoms with Crippen molar-refractivity contribution >= 4 is 63.7 Å². The Labute approximate surface area is 197 Å². The van der Waals surface area contributed by atoms with Crippen LogP contribution in [0.15, 0.2) is 38.5 Å². The Bertz CT molecular complexity index is 1300. The number of aromatic nitrogens is 2. The minimum absolute atomic E-state index is 0.0351. The zero-order chi connectivity index (χ0) is 24.6. The molecule has 3 amide bonds. The number of nitrogens with zero attached hydrogens (tertiary/aromatic N) is 4. The van der Waals surface area contributed by atoms with E-state index in [1.54, 1.807) is 0 Å². The van der Waals surface area contributed by atoms with Crippen LogP contribution >= 0.6 is 23.1 Å². The highest BCUT2D eigenvalue weighted by molar-refractivity contribution is 8.00. The van der Waals surface area contributed by atoms with Crippen molar-refractivity contribution < 1.29 is 34.0 Å². The minimum Gasteiger partial charge on any atom is -0.477 e. The average molecular weight is 505 g/mol. The van der Waals surface area contributed by atoms with E-state index < -0.39 is 40.8 Å². The maximum atomic E-state index is 12.8. The van der Waals surface area contributed by atoms with Gasteiger partial charge in [-0.3, -0.25) is 19.3 Å². The number of nitrogen functional groups attached to an aromatic ring is 1. The van der Waals surface area contributed by atoms with Crippen LogP contribution in [0.2, 0.25) is 0 Å². The molecule has 0 radical (unpaired) electrons. The highest BCUT2D eigenvalue weighted by atomic mass is 32.2. The Hall–Kier alpha value is -4.18. The number of allylic oxidation sites excluding steroid dienone is 1. The topological polar surface area (TPSA) is 227 Å². The molecule has 14 nitrogen and oxygen atoms in total. The summed E-state index contributed by atoms with van der Waals surface area (Å²) >= 11 is 2.26. The molecule has 2 aromatic rings. The number of carboxylic acid groups (broad SMARTS) is 1. The van der Waals surface area contributed by atoms with Crippen molar-refractivity contribution in [3.63, 3.8) is 0 Å². The number of carboxylic acids is 1. The molecule has 2 atom stereocenters. The van der Waals surface area contributed by atoms with E-state index in [4.69, 9.17) is 16.0 Å². The Kier molecular flexibility index (Phi) is 6.08. The highest BCUT2D eigenvalue weighted by Gasteiger charge is 2.54. The van der Waals surface area contributed by atoms with Gasteiger partial charge in [0.25, 0.3) is 17.7 Å². The number of primary amides is 1. The predicted molar refractivity (Wildman–Crippen MR) is 119 cm³/mol. The molecule has 0 aromatic carbocycles. The van der Waals surface area contributed by atoms with E-state index in [1.165, 1.54) is 35.4 Å². The second kappa shape index (κ2) is 8.99. The Morgan fingerprint density at radius 1 is 1.32 bits per heavy atom. The third-order valence-electron chi connectivity index (χ3n) is 4.80. The fraction of sp³-hybridized carbons (Fsp3) is 0.167. The Morgan fingerprint density at radius 2 is 2.09 bits per heavy atom. The van der Waals surface area contributed by atoms with Crippen molar-refractivity contribution in [2.45, 2.75) is 11.4 Å². The monoisotopic (exact) mass is 505 g/mol. The molecular formula is C18H15N7O7S2. The van der Waals surface area contributed by atoms with Gasteiger partial charge in [0, 0.05) is 17.2 Å². The van der Waals surface area contributed by atoms with Gasteiger partial charge in [0.2, 0.25) is 0 Å². The van der Waals surface area contributed by atoms with E-state index in [2.05, 4.69) is 20.6 Å². The lowest BCUT2D eigenvalue weighted by Crippen LogP contribution is -2.71. The molecule has 16 heteroatoms. The van der Waals surface area contributed by atoms with Crippen LogP contribution in [0.4, 0.5) is 5.13 Å². The van der Waals surface area contributed by atoms with Gasteiger partial charge in [-0.2, -0.15) is 0 Å². The SMILES string of the molecule is NC(=O)c1cc(/C=C/C2=C(C(=O)O)N3C(=O)C(NC(=O)/C(=N\O)c4csc(N)n4)C3SC2)on1. The number of β-lactam (4-membered cyclic amide) rings is 1. The number of nitrogens with one attached hydrogen (secondary N) is 1. The van der Waals surface area contributed by atoms with Gasteiger partial charge in [-0.15, -0.1) is 23.1 Å². The molecule has 0 bridgehead atoms. The number of hydrogen-bond acceptors (Lipinski definition) is 12. The number of oxime groups is 1. The predicted octanol–water partition coefficient (Wildman–Crippen LogP) is -0.557. The summed E-state index contributed by atoms with van der Waals surface area (Å²) in [6.07, 6.45) is 2.83. The molecule has 2 unspecified atom stereocenters. The summed E-state index contributed by atoms with van der Waals surface area (Å²) in [7, 11) is 0. The molecule has 2 aromatic heterocycles. The molecule has 4 heterocycles. The molecule has 2 aliphatic rings. The summed E-state index contributed by atoms with van der Waals surface area (Å²) in [6.45, 7) is 0. The normalized spacial score (nSPS) is 20.3. The lowest BCUT2D eigenvalue weighted by atomic mass is 10.0. The number of rotatable bonds is 7. The fourth-order valence-corrected chi connectivity index (χ4v) is 5.12. The van der Waals surface area contributed by atoms with E-state index in [9.17, 15) is 29.5 Å². The van der Waals surface area contributed by atoms with Crippen LogP contribution in [-0.4, -0.2) is 71.9 Å². The van der Waals surface area contributed by atoms with Gasteiger partial charge in [0.05, 0.1) is 0 Å². The van der Waals surface area contributed by atoms with Crippen molar-refractivity contribution in [3.05, 3.63) is 45.9 Å². The minimum atomic E-state index is -1.34. The van der Waals surface area contributed by atoms with Gasteiger partial charge in [-0.25, -0.2) is 9.78 Å². The number of nitrogens with two attached hydrogens (primary N) is 2. The summed E-state index contributed by atoms with van der Waals surface area (Å²) < 4.78 is 4.94. The van der Waals surface area contributed by atoms with Gasteiger partial charge in [0.15, 0.2) is 22.3 Å². The number of fused-ring (bicyclic) bond motifs is 1. The van der Waals surface area contributed by atoms with E-state index in [0.717, 1.165) is 16.2 Å². The van der Waals surface area contributed by atoms with Crippen molar-refractivity contribution in [3.8, 4) is 0 Å². The van der Waals surface area contributed by atoms with E-state index in [1.807, 2.05) is 0 Å². The standard InChI is InChI=1S/C18H15N7O7S2/c19-13(26)8-3-7(32-24-8)2-1-6-4-33-16-11(15(28)25(16)12(6)17(29)30)22-14(27)10(23-31)9-5-34-18(20)21-9/h1-3,5,11,16,31H,4H2,(H2,19,26)(H2,20,21)(H,22,27)(H,29,30)/b2-1+,23-10-. The van der Waals surface area contributed by atoms with E-state index in [0.29, 0.717) is 5.57 Å². The summed E-state index contributed by atoms with van der Waals surface area (Å²) in [5, 5.41) is 28.7. The van der Waals surface area contributed by atoms with E-state index >= 15 is 0 Å². The van der Waals surface area contributed by atoms with E-state index in [-0.39, 0.29) is 33.7 Å². The molecule has 0 spiro atoms.